The van der Waals surface area contributed by atoms with Crippen molar-refractivity contribution in [3.05, 3.63) is 18.6 Å². The van der Waals surface area contributed by atoms with Crippen LogP contribution in [0.3, 0.4) is 0 Å². The van der Waals surface area contributed by atoms with Gasteiger partial charge in [0.25, 0.3) is 21.1 Å². The van der Waals surface area contributed by atoms with Crippen LogP contribution in [0, 0.1) is 0 Å². The number of sulfonamides is 1. The highest BCUT2D eigenvalue weighted by Gasteiger charge is 2.15. The van der Waals surface area contributed by atoms with Gasteiger partial charge in [0.2, 0.25) is 5.88 Å². The van der Waals surface area contributed by atoms with Crippen LogP contribution in [-0.4, -0.2) is 40.3 Å². The van der Waals surface area contributed by atoms with Gasteiger partial charge in [0.1, 0.15) is 6.33 Å². The molecule has 0 amide bonds. The Bertz CT molecular complexity index is 637. The molecule has 0 atom stereocenters. The molecule has 90 valence electrons. The maximum atomic E-state index is 11.0. The molecule has 0 aliphatic heterocycles. The molecule has 17 heavy (non-hydrogen) atoms. The first-order valence-electron chi connectivity index (χ1n) is 4.32. The molecule has 0 saturated carbocycles. The number of rotatable bonds is 3. The van der Waals surface area contributed by atoms with Gasteiger partial charge in [-0.05, 0) is 0 Å². The molecule has 0 aliphatic carbocycles. The topological polar surface area (TPSA) is 126 Å². The third-order valence-corrected chi connectivity index (χ3v) is 2.45. The Morgan fingerprint density at radius 3 is 2.76 bits per heavy atom. The number of nitrogens with two attached hydrogens (primary N) is 1. The summed E-state index contributed by atoms with van der Waals surface area (Å²) in [7, 11) is -2.49. The van der Waals surface area contributed by atoms with Crippen LogP contribution in [0.4, 0.5) is 0 Å². The van der Waals surface area contributed by atoms with Crippen molar-refractivity contribution >= 4 is 10.0 Å². The Morgan fingerprint density at radius 1 is 1.41 bits per heavy atom. The van der Waals surface area contributed by atoms with E-state index in [1.165, 1.54) is 13.3 Å². The number of hydrogen-bond acceptors (Lipinski definition) is 7. The summed E-state index contributed by atoms with van der Waals surface area (Å²) in [6.07, 6.45) is 2.59. The lowest BCUT2D eigenvalue weighted by Crippen LogP contribution is -2.14. The van der Waals surface area contributed by atoms with E-state index < -0.39 is 15.2 Å². The molecule has 0 radical (unpaired) electrons. The van der Waals surface area contributed by atoms with Crippen molar-refractivity contribution in [3.8, 4) is 11.8 Å². The van der Waals surface area contributed by atoms with Crippen LogP contribution in [-0.2, 0) is 10.0 Å². The minimum absolute atomic E-state index is 0.131. The van der Waals surface area contributed by atoms with Crippen molar-refractivity contribution < 1.29 is 13.2 Å². The summed E-state index contributed by atoms with van der Waals surface area (Å²) < 4.78 is 27.9. The lowest BCUT2D eigenvalue weighted by molar-refractivity contribution is 0.395. The van der Waals surface area contributed by atoms with Gasteiger partial charge >= 0.3 is 0 Å². The fraction of sp³-hybridized carbons (Fsp3) is 0.143. The van der Waals surface area contributed by atoms with Crippen LogP contribution in [0.15, 0.2) is 23.7 Å². The summed E-state index contributed by atoms with van der Waals surface area (Å²) in [4.78, 5) is 11.4. The highest BCUT2D eigenvalue weighted by molar-refractivity contribution is 7.89. The van der Waals surface area contributed by atoms with Gasteiger partial charge in [-0.3, -0.25) is 0 Å². The lowest BCUT2D eigenvalue weighted by Gasteiger charge is -2.00. The largest absolute Gasteiger partial charge is 0.481 e. The van der Waals surface area contributed by atoms with Gasteiger partial charge in [-0.2, -0.15) is 9.67 Å². The molecular weight excluding hydrogens is 248 g/mol. The second-order valence-corrected chi connectivity index (χ2v) is 4.37. The molecule has 0 unspecified atom stereocenters. The van der Waals surface area contributed by atoms with E-state index in [2.05, 4.69) is 20.1 Å². The van der Waals surface area contributed by atoms with E-state index in [9.17, 15) is 8.42 Å². The molecule has 0 aromatic carbocycles. The van der Waals surface area contributed by atoms with Gasteiger partial charge < -0.3 is 4.74 Å². The Kier molecular flexibility index (Phi) is 2.73. The van der Waals surface area contributed by atoms with Gasteiger partial charge in [-0.25, -0.2) is 23.5 Å². The van der Waals surface area contributed by atoms with Gasteiger partial charge in [-0.1, -0.05) is 0 Å². The van der Waals surface area contributed by atoms with Crippen molar-refractivity contribution in [1.82, 2.24) is 24.7 Å². The first-order chi connectivity index (χ1) is 8.00. The quantitative estimate of drug-likeness (QED) is 0.724. The third-order valence-electron chi connectivity index (χ3n) is 1.76. The summed E-state index contributed by atoms with van der Waals surface area (Å²) in [5.41, 5.74) is 0. The maximum absolute atomic E-state index is 11.0. The second kappa shape index (κ2) is 4.07. The Balaban J connectivity index is 2.43. The number of ether oxygens (including phenoxy) is 1. The highest BCUT2D eigenvalue weighted by atomic mass is 32.2. The van der Waals surface area contributed by atoms with E-state index in [1.54, 1.807) is 6.07 Å². The van der Waals surface area contributed by atoms with E-state index >= 15 is 0 Å². The van der Waals surface area contributed by atoms with E-state index in [4.69, 9.17) is 9.88 Å². The predicted octanol–water partition coefficient (Wildman–Crippen LogP) is -1.29. The second-order valence-electron chi connectivity index (χ2n) is 2.92. The van der Waals surface area contributed by atoms with Crippen LogP contribution < -0.4 is 9.88 Å². The third kappa shape index (κ3) is 2.37. The van der Waals surface area contributed by atoms with Crippen molar-refractivity contribution in [1.29, 1.82) is 0 Å². The molecule has 0 bridgehead atoms. The first kappa shape index (κ1) is 11.4. The predicted molar refractivity (Wildman–Crippen MR) is 54.9 cm³/mol. The fourth-order valence-electron chi connectivity index (χ4n) is 1.03. The molecule has 0 aliphatic rings. The van der Waals surface area contributed by atoms with Crippen molar-refractivity contribution in [2.24, 2.45) is 5.14 Å². The molecule has 2 heterocycles. The molecule has 2 aromatic rings. The molecule has 0 spiro atoms. The zero-order valence-electron chi connectivity index (χ0n) is 8.68. The average molecular weight is 256 g/mol. The Hall–Kier alpha value is -2.07. The molecule has 0 saturated heterocycles. The maximum Gasteiger partial charge on any atom is 0.282 e. The number of methoxy groups -OCH3 is 1. The van der Waals surface area contributed by atoms with E-state index in [-0.39, 0.29) is 5.95 Å². The van der Waals surface area contributed by atoms with E-state index in [1.807, 2.05) is 0 Å². The van der Waals surface area contributed by atoms with E-state index in [0.29, 0.717) is 5.88 Å². The van der Waals surface area contributed by atoms with Crippen LogP contribution >= 0.6 is 0 Å². The number of aromatic nitrogens is 5. The number of primary sulfonamides is 1. The monoisotopic (exact) mass is 256 g/mol. The minimum atomic E-state index is -3.94. The smallest absolute Gasteiger partial charge is 0.282 e. The summed E-state index contributed by atoms with van der Waals surface area (Å²) >= 11 is 0. The van der Waals surface area contributed by atoms with Crippen molar-refractivity contribution in [3.63, 3.8) is 0 Å². The summed E-state index contributed by atoms with van der Waals surface area (Å²) in [5.74, 6) is 0.453. The van der Waals surface area contributed by atoms with Crippen molar-refractivity contribution in [2.45, 2.75) is 5.16 Å². The van der Waals surface area contributed by atoms with Gasteiger partial charge in [0, 0.05) is 12.3 Å². The number of hydrogen-bond donors (Lipinski definition) is 1. The Labute approximate surface area is 96.3 Å². The average Bonchev–Trinajstić information content (AvgIpc) is 2.78. The van der Waals surface area contributed by atoms with Gasteiger partial charge in [0.15, 0.2) is 0 Å². The van der Waals surface area contributed by atoms with Crippen LogP contribution in [0.1, 0.15) is 0 Å². The minimum Gasteiger partial charge on any atom is -0.481 e. The molecule has 9 nitrogen and oxygen atoms in total. The zero-order chi connectivity index (χ0) is 12.5. The standard InChI is InChI=1S/C7H8N6O3S/c1-16-5-2-3-9-6(11-5)13-4-10-7(12-13)17(8,14)15/h2-4H,1H3,(H2,8,14,15). The Morgan fingerprint density at radius 2 is 2.18 bits per heavy atom. The molecule has 2 rings (SSSR count). The summed E-state index contributed by atoms with van der Waals surface area (Å²) in [6, 6.07) is 1.54. The van der Waals surface area contributed by atoms with Gasteiger partial charge in [0.05, 0.1) is 7.11 Å². The SMILES string of the molecule is COc1ccnc(-n2cnc(S(N)(=O)=O)n2)n1. The normalized spacial score (nSPS) is 11.4. The van der Waals surface area contributed by atoms with Crippen LogP contribution in [0.5, 0.6) is 5.88 Å². The molecule has 2 N–H and O–H groups in total. The van der Waals surface area contributed by atoms with Crippen LogP contribution in [0.25, 0.3) is 5.95 Å². The van der Waals surface area contributed by atoms with E-state index in [0.717, 1.165) is 11.0 Å². The molecular formula is C7H8N6O3S. The summed E-state index contributed by atoms with van der Waals surface area (Å²) in [5, 5.41) is 8.02. The molecule has 0 fully saturated rings. The zero-order valence-corrected chi connectivity index (χ0v) is 9.49. The first-order valence-corrected chi connectivity index (χ1v) is 5.87. The van der Waals surface area contributed by atoms with Gasteiger partial charge in [-0.15, -0.1) is 5.10 Å². The summed E-state index contributed by atoms with van der Waals surface area (Å²) in [6.45, 7) is 0. The molecule has 10 heteroatoms. The van der Waals surface area contributed by atoms with Crippen molar-refractivity contribution in [2.75, 3.05) is 7.11 Å². The fourth-order valence-corrected chi connectivity index (χ4v) is 1.43. The highest BCUT2D eigenvalue weighted by Crippen LogP contribution is 2.07. The molecule has 2 aromatic heterocycles. The van der Waals surface area contributed by atoms with Crippen LogP contribution in [0.2, 0.25) is 0 Å². The number of nitrogens with zero attached hydrogens (tertiary/aromatic N) is 5. The lowest BCUT2D eigenvalue weighted by atomic mass is 10.6.